The molecule has 0 aromatic carbocycles. The van der Waals surface area contributed by atoms with Crippen molar-refractivity contribution >= 4 is 10.0 Å². The number of hydrogen-bond acceptors (Lipinski definition) is 3. The van der Waals surface area contributed by atoms with Gasteiger partial charge in [-0.25, -0.2) is 13.1 Å². The van der Waals surface area contributed by atoms with Gasteiger partial charge in [0.1, 0.15) is 0 Å². The van der Waals surface area contributed by atoms with Crippen LogP contribution in [-0.2, 0) is 16.4 Å². The summed E-state index contributed by atoms with van der Waals surface area (Å²) < 4.78 is 31.6. The Morgan fingerprint density at radius 2 is 2.06 bits per heavy atom. The standard InChI is InChI=1S/C12H19NO3S/c14-17(15,12-4-2-1-3-5-12)13-8-6-11-7-9-16-10-11/h7,9-10,12-13H,1-6,8H2. The summed E-state index contributed by atoms with van der Waals surface area (Å²) in [6.07, 6.45) is 8.78. The third-order valence-corrected chi connectivity index (χ3v) is 5.24. The van der Waals surface area contributed by atoms with Crippen LogP contribution < -0.4 is 4.72 Å². The molecule has 0 saturated heterocycles. The highest BCUT2D eigenvalue weighted by molar-refractivity contribution is 7.90. The second-order valence-corrected chi connectivity index (χ2v) is 6.63. The van der Waals surface area contributed by atoms with E-state index < -0.39 is 10.0 Å². The molecule has 2 rings (SSSR count). The summed E-state index contributed by atoms with van der Waals surface area (Å²) in [5.74, 6) is 0. The van der Waals surface area contributed by atoms with Gasteiger partial charge in [-0.15, -0.1) is 0 Å². The van der Waals surface area contributed by atoms with Crippen molar-refractivity contribution in [3.63, 3.8) is 0 Å². The third-order valence-electron chi connectivity index (χ3n) is 3.29. The number of rotatable bonds is 5. The van der Waals surface area contributed by atoms with Crippen LogP contribution in [0, 0.1) is 0 Å². The number of hydrogen-bond donors (Lipinski definition) is 1. The van der Waals surface area contributed by atoms with Gasteiger partial charge in [-0.1, -0.05) is 19.3 Å². The lowest BCUT2D eigenvalue weighted by molar-refractivity contribution is 0.477. The van der Waals surface area contributed by atoms with E-state index in [9.17, 15) is 8.42 Å². The molecule has 4 nitrogen and oxygen atoms in total. The number of nitrogens with one attached hydrogen (secondary N) is 1. The van der Waals surface area contributed by atoms with Crippen LogP contribution in [-0.4, -0.2) is 20.2 Å². The fourth-order valence-corrected chi connectivity index (χ4v) is 3.84. The first-order chi connectivity index (χ1) is 8.18. The van der Waals surface area contributed by atoms with Crippen molar-refractivity contribution < 1.29 is 12.8 Å². The molecule has 1 aromatic rings. The van der Waals surface area contributed by atoms with Crippen LogP contribution in [0.2, 0.25) is 0 Å². The molecule has 1 aliphatic rings. The quantitative estimate of drug-likeness (QED) is 0.878. The first-order valence-electron chi connectivity index (χ1n) is 6.18. The normalized spacial score (nSPS) is 18.4. The minimum absolute atomic E-state index is 0.180. The van der Waals surface area contributed by atoms with Crippen LogP contribution in [0.15, 0.2) is 23.0 Å². The zero-order valence-corrected chi connectivity index (χ0v) is 10.7. The van der Waals surface area contributed by atoms with E-state index >= 15 is 0 Å². The van der Waals surface area contributed by atoms with Crippen LogP contribution in [0.3, 0.4) is 0 Å². The highest BCUT2D eigenvalue weighted by Crippen LogP contribution is 2.22. The molecule has 0 radical (unpaired) electrons. The highest BCUT2D eigenvalue weighted by Gasteiger charge is 2.26. The molecule has 0 amide bonds. The first kappa shape index (κ1) is 12.6. The summed E-state index contributed by atoms with van der Waals surface area (Å²) in [6.45, 7) is 0.457. The van der Waals surface area contributed by atoms with Gasteiger partial charge in [0.15, 0.2) is 0 Å². The average molecular weight is 257 g/mol. The summed E-state index contributed by atoms with van der Waals surface area (Å²) in [5.41, 5.74) is 1.02. The molecule has 0 bridgehead atoms. The average Bonchev–Trinajstić information content (AvgIpc) is 2.83. The van der Waals surface area contributed by atoms with Crippen molar-refractivity contribution in [3.8, 4) is 0 Å². The molecule has 1 N–H and O–H groups in total. The Balaban J connectivity index is 1.80. The predicted octanol–water partition coefficient (Wildman–Crippen LogP) is 2.07. The fraction of sp³-hybridized carbons (Fsp3) is 0.667. The Bertz CT molecular complexity index is 419. The molecule has 0 unspecified atom stereocenters. The lowest BCUT2D eigenvalue weighted by Crippen LogP contribution is -2.36. The lowest BCUT2D eigenvalue weighted by atomic mass is 10.0. The molecule has 0 aliphatic heterocycles. The van der Waals surface area contributed by atoms with Gasteiger partial charge in [-0.3, -0.25) is 0 Å². The van der Waals surface area contributed by atoms with E-state index in [-0.39, 0.29) is 5.25 Å². The van der Waals surface area contributed by atoms with Gasteiger partial charge >= 0.3 is 0 Å². The first-order valence-corrected chi connectivity index (χ1v) is 7.73. The van der Waals surface area contributed by atoms with Gasteiger partial charge in [0.2, 0.25) is 10.0 Å². The van der Waals surface area contributed by atoms with Crippen LogP contribution in [0.25, 0.3) is 0 Å². The Labute approximate surface area is 102 Å². The zero-order chi connectivity index (χ0) is 12.1. The maximum absolute atomic E-state index is 12.0. The van der Waals surface area contributed by atoms with Gasteiger partial charge in [-0.2, -0.15) is 0 Å². The maximum atomic E-state index is 12.0. The summed E-state index contributed by atoms with van der Waals surface area (Å²) in [7, 11) is -3.12. The molecule has 5 heteroatoms. The van der Waals surface area contributed by atoms with E-state index in [1.807, 2.05) is 6.07 Å². The number of sulfonamides is 1. The second-order valence-electron chi connectivity index (χ2n) is 4.58. The summed E-state index contributed by atoms with van der Waals surface area (Å²) in [4.78, 5) is 0. The van der Waals surface area contributed by atoms with Crippen LogP contribution in [0.5, 0.6) is 0 Å². The van der Waals surface area contributed by atoms with Gasteiger partial charge in [0.25, 0.3) is 0 Å². The van der Waals surface area contributed by atoms with Crippen molar-refractivity contribution in [1.82, 2.24) is 4.72 Å². The third kappa shape index (κ3) is 3.57. The van der Waals surface area contributed by atoms with E-state index in [4.69, 9.17) is 4.42 Å². The molecule has 1 aliphatic carbocycles. The Morgan fingerprint density at radius 1 is 1.29 bits per heavy atom. The van der Waals surface area contributed by atoms with E-state index in [1.54, 1.807) is 12.5 Å². The molecule has 1 heterocycles. The van der Waals surface area contributed by atoms with Crippen molar-refractivity contribution in [2.24, 2.45) is 0 Å². The van der Waals surface area contributed by atoms with Crippen LogP contribution in [0.1, 0.15) is 37.7 Å². The van der Waals surface area contributed by atoms with Crippen LogP contribution >= 0.6 is 0 Å². The molecule has 1 fully saturated rings. The van der Waals surface area contributed by atoms with E-state index in [0.717, 1.165) is 31.2 Å². The Morgan fingerprint density at radius 3 is 2.71 bits per heavy atom. The summed E-state index contributed by atoms with van der Waals surface area (Å²) in [5, 5.41) is -0.180. The monoisotopic (exact) mass is 257 g/mol. The van der Waals surface area contributed by atoms with Gasteiger partial charge in [0.05, 0.1) is 17.8 Å². The highest BCUT2D eigenvalue weighted by atomic mass is 32.2. The largest absolute Gasteiger partial charge is 0.472 e. The van der Waals surface area contributed by atoms with Gasteiger partial charge < -0.3 is 4.42 Å². The molecule has 17 heavy (non-hydrogen) atoms. The minimum Gasteiger partial charge on any atom is -0.472 e. The Kier molecular flexibility index (Phi) is 4.23. The Hall–Kier alpha value is -0.810. The van der Waals surface area contributed by atoms with E-state index in [1.165, 1.54) is 6.42 Å². The minimum atomic E-state index is -3.12. The molecule has 1 aromatic heterocycles. The zero-order valence-electron chi connectivity index (χ0n) is 9.89. The maximum Gasteiger partial charge on any atom is 0.214 e. The molecule has 0 spiro atoms. The van der Waals surface area contributed by atoms with Gasteiger partial charge in [0, 0.05) is 6.54 Å². The molecule has 1 saturated carbocycles. The fourth-order valence-electron chi connectivity index (χ4n) is 2.27. The molecular weight excluding hydrogens is 238 g/mol. The van der Waals surface area contributed by atoms with Crippen molar-refractivity contribution in [3.05, 3.63) is 24.2 Å². The van der Waals surface area contributed by atoms with Crippen molar-refractivity contribution in [1.29, 1.82) is 0 Å². The topological polar surface area (TPSA) is 59.3 Å². The SMILES string of the molecule is O=S(=O)(NCCc1ccoc1)C1CCCCC1. The molecular formula is C12H19NO3S. The van der Waals surface area contributed by atoms with Gasteiger partial charge in [-0.05, 0) is 30.9 Å². The van der Waals surface area contributed by atoms with E-state index in [2.05, 4.69) is 4.72 Å². The van der Waals surface area contributed by atoms with Crippen LogP contribution in [0.4, 0.5) is 0 Å². The van der Waals surface area contributed by atoms with Crippen molar-refractivity contribution in [2.45, 2.75) is 43.8 Å². The second kappa shape index (κ2) is 5.69. The lowest BCUT2D eigenvalue weighted by Gasteiger charge is -2.21. The number of furan rings is 1. The van der Waals surface area contributed by atoms with E-state index in [0.29, 0.717) is 13.0 Å². The summed E-state index contributed by atoms with van der Waals surface area (Å²) in [6, 6.07) is 1.86. The molecule has 96 valence electrons. The molecule has 0 atom stereocenters. The summed E-state index contributed by atoms with van der Waals surface area (Å²) >= 11 is 0. The van der Waals surface area contributed by atoms with Crippen molar-refractivity contribution in [2.75, 3.05) is 6.54 Å². The predicted molar refractivity (Wildman–Crippen MR) is 66.2 cm³/mol. The smallest absolute Gasteiger partial charge is 0.214 e.